The molecule has 0 saturated heterocycles. The van der Waals surface area contributed by atoms with Crippen molar-refractivity contribution in [1.29, 1.82) is 0 Å². The zero-order valence-corrected chi connectivity index (χ0v) is 14.9. The molecular weight excluding hydrogens is 328 g/mol. The first-order chi connectivity index (χ1) is 12.8. The van der Waals surface area contributed by atoms with Crippen LogP contribution in [0.15, 0.2) is 36.5 Å². The molecule has 2 heterocycles. The molecule has 0 bridgehead atoms. The molecule has 1 saturated carbocycles. The van der Waals surface area contributed by atoms with Gasteiger partial charge in [0.2, 0.25) is 0 Å². The number of benzene rings is 1. The van der Waals surface area contributed by atoms with E-state index in [0.29, 0.717) is 36.3 Å². The molecular formula is C21H24N2O3. The highest BCUT2D eigenvalue weighted by atomic mass is 16.5. The van der Waals surface area contributed by atoms with Crippen LogP contribution in [0.1, 0.15) is 48.0 Å². The number of ether oxygens (including phenoxy) is 2. The van der Waals surface area contributed by atoms with Crippen LogP contribution in [-0.4, -0.2) is 24.1 Å². The van der Waals surface area contributed by atoms with Crippen molar-refractivity contribution in [3.8, 4) is 11.5 Å². The first-order valence-electron chi connectivity index (χ1n) is 9.44. The van der Waals surface area contributed by atoms with E-state index < -0.39 is 0 Å². The number of rotatable bonds is 5. The number of hydrogen-bond donors (Lipinski definition) is 1. The normalized spacial score (nSPS) is 16.6. The van der Waals surface area contributed by atoms with Crippen LogP contribution in [0, 0.1) is 5.92 Å². The summed E-state index contributed by atoms with van der Waals surface area (Å²) in [6.45, 7) is 1.37. The molecule has 0 atom stereocenters. The molecule has 5 nitrogen and oxygen atoms in total. The van der Waals surface area contributed by atoms with Gasteiger partial charge in [0.1, 0.15) is 5.75 Å². The second kappa shape index (κ2) is 7.77. The third kappa shape index (κ3) is 3.82. The summed E-state index contributed by atoms with van der Waals surface area (Å²) in [4.78, 5) is 16.9. The second-order valence-corrected chi connectivity index (χ2v) is 7.04. The SMILES string of the molecule is O=C(Nc1ncccc1OCC1CCCCC1)c1ccc2c(c1)CCO2. The smallest absolute Gasteiger partial charge is 0.256 e. The third-order valence-electron chi connectivity index (χ3n) is 5.15. The highest BCUT2D eigenvalue weighted by Crippen LogP contribution is 2.28. The number of nitrogens with zero attached hydrogens (tertiary/aromatic N) is 1. The number of aromatic nitrogens is 1. The summed E-state index contributed by atoms with van der Waals surface area (Å²) in [5.74, 6) is 2.40. The Bertz CT molecular complexity index is 785. The number of anilines is 1. The minimum Gasteiger partial charge on any atom is -0.493 e. The number of carbonyl (C=O) groups is 1. The van der Waals surface area contributed by atoms with Gasteiger partial charge in [-0.3, -0.25) is 4.79 Å². The molecule has 5 heteroatoms. The van der Waals surface area contributed by atoms with Crippen molar-refractivity contribution in [3.05, 3.63) is 47.7 Å². The van der Waals surface area contributed by atoms with Gasteiger partial charge in [0.05, 0.1) is 13.2 Å². The summed E-state index contributed by atoms with van der Waals surface area (Å²) >= 11 is 0. The predicted molar refractivity (Wildman–Crippen MR) is 99.9 cm³/mol. The summed E-state index contributed by atoms with van der Waals surface area (Å²) in [5, 5.41) is 2.89. The first-order valence-corrected chi connectivity index (χ1v) is 9.44. The minimum atomic E-state index is -0.180. The Morgan fingerprint density at radius 2 is 2.12 bits per heavy atom. The lowest BCUT2D eigenvalue weighted by atomic mass is 9.90. The average Bonchev–Trinajstić information content (AvgIpc) is 3.16. The number of carbonyl (C=O) groups excluding carboxylic acids is 1. The average molecular weight is 352 g/mol. The van der Waals surface area contributed by atoms with E-state index in [9.17, 15) is 4.79 Å². The molecule has 26 heavy (non-hydrogen) atoms. The molecule has 0 unspecified atom stereocenters. The molecule has 0 radical (unpaired) electrons. The molecule has 2 aromatic rings. The maximum atomic E-state index is 12.6. The molecule has 1 aromatic carbocycles. The van der Waals surface area contributed by atoms with E-state index in [0.717, 1.165) is 17.7 Å². The van der Waals surface area contributed by atoms with Crippen molar-refractivity contribution in [3.63, 3.8) is 0 Å². The van der Waals surface area contributed by atoms with Gasteiger partial charge in [-0.05, 0) is 54.7 Å². The van der Waals surface area contributed by atoms with Crippen LogP contribution in [0.4, 0.5) is 5.82 Å². The summed E-state index contributed by atoms with van der Waals surface area (Å²) in [6, 6.07) is 9.23. The van der Waals surface area contributed by atoms with E-state index in [4.69, 9.17) is 9.47 Å². The standard InChI is InChI=1S/C21H24N2O3/c24-21(17-8-9-18-16(13-17)10-12-25-18)23-20-19(7-4-11-22-20)26-14-15-5-2-1-3-6-15/h4,7-9,11,13,15H,1-3,5-6,10,12,14H2,(H,22,23,24). The van der Waals surface area contributed by atoms with E-state index in [1.807, 2.05) is 24.3 Å². The molecule has 1 aromatic heterocycles. The quantitative estimate of drug-likeness (QED) is 0.875. The van der Waals surface area contributed by atoms with E-state index >= 15 is 0 Å². The topological polar surface area (TPSA) is 60.5 Å². The Hall–Kier alpha value is -2.56. The van der Waals surface area contributed by atoms with Crippen LogP contribution in [-0.2, 0) is 6.42 Å². The van der Waals surface area contributed by atoms with Gasteiger partial charge in [0.25, 0.3) is 5.91 Å². The predicted octanol–water partition coefficient (Wildman–Crippen LogP) is 4.23. The number of hydrogen-bond acceptors (Lipinski definition) is 4. The molecule has 1 N–H and O–H groups in total. The maximum absolute atomic E-state index is 12.6. The summed E-state index contributed by atoms with van der Waals surface area (Å²) < 4.78 is 11.5. The summed E-state index contributed by atoms with van der Waals surface area (Å²) in [7, 11) is 0. The molecule has 1 amide bonds. The number of fused-ring (bicyclic) bond motifs is 1. The minimum absolute atomic E-state index is 0.180. The second-order valence-electron chi connectivity index (χ2n) is 7.04. The van der Waals surface area contributed by atoms with Gasteiger partial charge >= 0.3 is 0 Å². The van der Waals surface area contributed by atoms with Crippen molar-refractivity contribution in [2.45, 2.75) is 38.5 Å². The van der Waals surface area contributed by atoms with Gasteiger partial charge in [-0.2, -0.15) is 0 Å². The molecule has 1 fully saturated rings. The monoisotopic (exact) mass is 352 g/mol. The van der Waals surface area contributed by atoms with Crippen LogP contribution < -0.4 is 14.8 Å². The number of nitrogens with one attached hydrogen (secondary N) is 1. The lowest BCUT2D eigenvalue weighted by Gasteiger charge is -2.22. The molecule has 136 valence electrons. The lowest BCUT2D eigenvalue weighted by Crippen LogP contribution is -2.17. The fourth-order valence-corrected chi connectivity index (χ4v) is 3.67. The third-order valence-corrected chi connectivity index (χ3v) is 5.15. The number of amides is 1. The van der Waals surface area contributed by atoms with Crippen LogP contribution >= 0.6 is 0 Å². The van der Waals surface area contributed by atoms with Gasteiger partial charge in [-0.25, -0.2) is 4.98 Å². The zero-order valence-electron chi connectivity index (χ0n) is 14.9. The Labute approximate surface area is 153 Å². The molecule has 1 aliphatic carbocycles. The lowest BCUT2D eigenvalue weighted by molar-refractivity contribution is 0.102. The highest BCUT2D eigenvalue weighted by Gasteiger charge is 2.18. The van der Waals surface area contributed by atoms with Gasteiger partial charge in [0.15, 0.2) is 11.6 Å². The van der Waals surface area contributed by atoms with Crippen molar-refractivity contribution >= 4 is 11.7 Å². The van der Waals surface area contributed by atoms with E-state index in [1.165, 1.54) is 32.1 Å². The molecule has 0 spiro atoms. The molecule has 4 rings (SSSR count). The summed E-state index contributed by atoms with van der Waals surface area (Å²) in [6.07, 6.45) is 8.85. The first kappa shape index (κ1) is 16.9. The van der Waals surface area contributed by atoms with Gasteiger partial charge in [-0.1, -0.05) is 19.3 Å². The van der Waals surface area contributed by atoms with Crippen LogP contribution in [0.2, 0.25) is 0 Å². The van der Waals surface area contributed by atoms with Crippen LogP contribution in [0.5, 0.6) is 11.5 Å². The van der Waals surface area contributed by atoms with Gasteiger partial charge in [-0.15, -0.1) is 0 Å². The summed E-state index contributed by atoms with van der Waals surface area (Å²) in [5.41, 5.74) is 1.69. The Morgan fingerprint density at radius 3 is 3.00 bits per heavy atom. The molecule has 2 aliphatic rings. The Balaban J connectivity index is 1.43. The van der Waals surface area contributed by atoms with E-state index in [1.54, 1.807) is 12.3 Å². The van der Waals surface area contributed by atoms with E-state index in [-0.39, 0.29) is 5.91 Å². The fraction of sp³-hybridized carbons (Fsp3) is 0.429. The Kier molecular flexibility index (Phi) is 5.04. The fourth-order valence-electron chi connectivity index (χ4n) is 3.67. The highest BCUT2D eigenvalue weighted by molar-refractivity contribution is 6.04. The van der Waals surface area contributed by atoms with Gasteiger partial charge in [0, 0.05) is 18.2 Å². The largest absolute Gasteiger partial charge is 0.493 e. The van der Waals surface area contributed by atoms with Crippen LogP contribution in [0.3, 0.4) is 0 Å². The van der Waals surface area contributed by atoms with Crippen molar-refractivity contribution < 1.29 is 14.3 Å². The Morgan fingerprint density at radius 1 is 1.23 bits per heavy atom. The molecule has 1 aliphatic heterocycles. The van der Waals surface area contributed by atoms with Crippen molar-refractivity contribution in [2.75, 3.05) is 18.5 Å². The van der Waals surface area contributed by atoms with Crippen molar-refractivity contribution in [2.24, 2.45) is 5.92 Å². The van der Waals surface area contributed by atoms with Gasteiger partial charge < -0.3 is 14.8 Å². The maximum Gasteiger partial charge on any atom is 0.256 e. The van der Waals surface area contributed by atoms with Crippen LogP contribution in [0.25, 0.3) is 0 Å². The zero-order chi connectivity index (χ0) is 17.8. The number of pyridine rings is 1. The van der Waals surface area contributed by atoms with Crippen molar-refractivity contribution in [1.82, 2.24) is 4.98 Å². The van der Waals surface area contributed by atoms with E-state index in [2.05, 4.69) is 10.3 Å².